The van der Waals surface area contributed by atoms with Crippen LogP contribution >= 0.6 is 12.4 Å². The second kappa shape index (κ2) is 10.5. The normalized spacial score (nSPS) is 10.3. The van der Waals surface area contributed by atoms with Gasteiger partial charge in [-0.05, 0) is 37.2 Å². The number of hydrogen-bond acceptors (Lipinski definition) is 6. The molecule has 1 amide bonds. The number of halogens is 4. The number of rotatable bonds is 7. The summed E-state index contributed by atoms with van der Waals surface area (Å²) in [5.41, 5.74) is 4.02. The molecule has 0 saturated carbocycles. The maximum atomic E-state index is 14.2. The molecule has 11 heteroatoms. The molecule has 7 nitrogen and oxygen atoms in total. The molecule has 3 aromatic rings. The molecular formula is C19H17ClF3N5O2. The monoisotopic (exact) mass is 439 g/mol. The Hall–Kier alpha value is -3.24. The number of anilines is 1. The average Bonchev–Trinajstić information content (AvgIpc) is 2.70. The Labute approximate surface area is 175 Å². The predicted molar refractivity (Wildman–Crippen MR) is 106 cm³/mol. The summed E-state index contributed by atoms with van der Waals surface area (Å²) in [7, 11) is 0. The first-order chi connectivity index (χ1) is 14.0. The van der Waals surface area contributed by atoms with Crippen molar-refractivity contribution in [3.8, 4) is 17.1 Å². The van der Waals surface area contributed by atoms with E-state index in [1.165, 1.54) is 12.5 Å². The summed E-state index contributed by atoms with van der Waals surface area (Å²) in [5, 5.41) is 2.49. The summed E-state index contributed by atoms with van der Waals surface area (Å²) in [6.07, 6.45) is 3.13. The first-order valence-electron chi connectivity index (χ1n) is 8.56. The van der Waals surface area contributed by atoms with Crippen molar-refractivity contribution in [2.24, 2.45) is 5.73 Å². The molecule has 3 rings (SSSR count). The molecule has 0 radical (unpaired) electrons. The third-order valence-electron chi connectivity index (χ3n) is 3.79. The van der Waals surface area contributed by atoms with E-state index in [2.05, 4.69) is 20.3 Å². The highest BCUT2D eigenvalue weighted by atomic mass is 35.5. The number of benzene rings is 1. The highest BCUT2D eigenvalue weighted by molar-refractivity contribution is 6.03. The van der Waals surface area contributed by atoms with Crippen LogP contribution in [0.3, 0.4) is 0 Å². The van der Waals surface area contributed by atoms with Gasteiger partial charge in [0.25, 0.3) is 5.91 Å². The Morgan fingerprint density at radius 3 is 2.53 bits per heavy atom. The molecule has 30 heavy (non-hydrogen) atoms. The zero-order chi connectivity index (χ0) is 20.8. The highest BCUT2D eigenvalue weighted by Crippen LogP contribution is 2.27. The number of pyridine rings is 1. The van der Waals surface area contributed by atoms with Crippen LogP contribution in [0.1, 0.15) is 16.9 Å². The maximum absolute atomic E-state index is 14.2. The Bertz CT molecular complexity index is 1020. The van der Waals surface area contributed by atoms with E-state index in [4.69, 9.17) is 10.5 Å². The lowest BCUT2D eigenvalue weighted by Crippen LogP contribution is -2.16. The van der Waals surface area contributed by atoms with Gasteiger partial charge in [0.1, 0.15) is 40.9 Å². The van der Waals surface area contributed by atoms with Gasteiger partial charge in [0.2, 0.25) is 5.88 Å². The molecule has 0 saturated heterocycles. The van der Waals surface area contributed by atoms with E-state index in [1.807, 2.05) is 0 Å². The lowest BCUT2D eigenvalue weighted by molar-refractivity contribution is 0.102. The molecule has 0 spiro atoms. The van der Waals surface area contributed by atoms with E-state index in [-0.39, 0.29) is 36.3 Å². The summed E-state index contributed by atoms with van der Waals surface area (Å²) in [6, 6.07) is 5.08. The number of amides is 1. The molecule has 0 aliphatic heterocycles. The molecule has 3 N–H and O–H groups in total. The second-order valence-corrected chi connectivity index (χ2v) is 5.81. The van der Waals surface area contributed by atoms with E-state index in [9.17, 15) is 18.0 Å². The number of hydrogen-bond donors (Lipinski definition) is 2. The summed E-state index contributed by atoms with van der Waals surface area (Å²) >= 11 is 0. The standard InChI is InChI=1S/C19H16F3N5O2.ClH/c20-11-3-1-4-12(21)16(11)17-13(22)5-6-14(26-17)18(28)27-15-9-24-10-25-19(15)29-8-2-7-23;/h1,3-6,9-10H,2,7-8,23H2,(H,27,28);1H. The topological polar surface area (TPSA) is 103 Å². The van der Waals surface area contributed by atoms with Gasteiger partial charge in [-0.3, -0.25) is 4.79 Å². The maximum Gasteiger partial charge on any atom is 0.274 e. The van der Waals surface area contributed by atoms with Gasteiger partial charge in [0, 0.05) is 0 Å². The molecule has 1 aromatic carbocycles. The van der Waals surface area contributed by atoms with Gasteiger partial charge >= 0.3 is 0 Å². The van der Waals surface area contributed by atoms with Gasteiger partial charge in [-0.25, -0.2) is 23.1 Å². The van der Waals surface area contributed by atoms with E-state index >= 15 is 0 Å². The van der Waals surface area contributed by atoms with Crippen LogP contribution in [0.2, 0.25) is 0 Å². The van der Waals surface area contributed by atoms with Gasteiger partial charge in [-0.1, -0.05) is 6.07 Å². The number of nitrogens with zero attached hydrogens (tertiary/aromatic N) is 3. The number of nitrogens with two attached hydrogens (primary N) is 1. The van der Waals surface area contributed by atoms with Crippen LogP contribution in [0.5, 0.6) is 5.88 Å². The van der Waals surface area contributed by atoms with E-state index in [1.54, 1.807) is 0 Å². The first kappa shape index (κ1) is 23.0. The molecule has 2 heterocycles. The van der Waals surface area contributed by atoms with Crippen LogP contribution in [0.4, 0.5) is 18.9 Å². The van der Waals surface area contributed by atoms with Crippen LogP contribution in [0.15, 0.2) is 42.9 Å². The largest absolute Gasteiger partial charge is 0.476 e. The Morgan fingerprint density at radius 1 is 1.10 bits per heavy atom. The fourth-order valence-corrected chi connectivity index (χ4v) is 2.43. The predicted octanol–water partition coefficient (Wildman–Crippen LogP) is 3.36. The minimum atomic E-state index is -0.999. The lowest BCUT2D eigenvalue weighted by atomic mass is 10.1. The van der Waals surface area contributed by atoms with Crippen LogP contribution in [-0.4, -0.2) is 34.0 Å². The van der Waals surface area contributed by atoms with Crippen molar-refractivity contribution in [3.63, 3.8) is 0 Å². The highest BCUT2D eigenvalue weighted by Gasteiger charge is 2.20. The minimum absolute atomic E-state index is 0. The Kier molecular flexibility index (Phi) is 8.07. The van der Waals surface area contributed by atoms with Crippen molar-refractivity contribution in [1.29, 1.82) is 0 Å². The molecule has 0 aliphatic rings. The number of carbonyl (C=O) groups excluding carboxylic acids is 1. The lowest BCUT2D eigenvalue weighted by Gasteiger charge is -2.11. The zero-order valence-corrected chi connectivity index (χ0v) is 16.3. The molecule has 0 unspecified atom stereocenters. The summed E-state index contributed by atoms with van der Waals surface area (Å²) in [4.78, 5) is 24.1. The van der Waals surface area contributed by atoms with Crippen LogP contribution < -0.4 is 15.8 Å². The molecular weight excluding hydrogens is 423 g/mol. The average molecular weight is 440 g/mol. The summed E-state index contributed by atoms with van der Waals surface area (Å²) < 4.78 is 47.6. The third-order valence-corrected chi connectivity index (χ3v) is 3.79. The Balaban J connectivity index is 0.00000320. The van der Waals surface area contributed by atoms with Gasteiger partial charge < -0.3 is 15.8 Å². The van der Waals surface area contributed by atoms with Crippen molar-refractivity contribution < 1.29 is 22.7 Å². The third kappa shape index (κ3) is 5.22. The number of carbonyl (C=O) groups is 1. The fourth-order valence-electron chi connectivity index (χ4n) is 2.43. The van der Waals surface area contributed by atoms with Crippen molar-refractivity contribution >= 4 is 24.0 Å². The van der Waals surface area contributed by atoms with Crippen molar-refractivity contribution in [1.82, 2.24) is 15.0 Å². The number of ether oxygens (including phenoxy) is 1. The van der Waals surface area contributed by atoms with Crippen LogP contribution in [-0.2, 0) is 0 Å². The van der Waals surface area contributed by atoms with Crippen molar-refractivity contribution in [2.75, 3.05) is 18.5 Å². The molecule has 2 aromatic heterocycles. The van der Waals surface area contributed by atoms with Crippen LogP contribution in [0.25, 0.3) is 11.3 Å². The number of nitrogens with one attached hydrogen (secondary N) is 1. The van der Waals surface area contributed by atoms with E-state index in [0.717, 1.165) is 30.3 Å². The van der Waals surface area contributed by atoms with Gasteiger partial charge in [0.15, 0.2) is 0 Å². The number of aromatic nitrogens is 3. The van der Waals surface area contributed by atoms with Gasteiger partial charge in [0.05, 0.1) is 18.4 Å². The van der Waals surface area contributed by atoms with E-state index < -0.39 is 34.6 Å². The molecule has 158 valence electrons. The quantitative estimate of drug-likeness (QED) is 0.547. The fraction of sp³-hybridized carbons (Fsp3) is 0.158. The Morgan fingerprint density at radius 2 is 1.83 bits per heavy atom. The zero-order valence-electron chi connectivity index (χ0n) is 15.4. The SMILES string of the molecule is Cl.NCCCOc1ncncc1NC(=O)c1ccc(F)c(-c2c(F)cccc2F)n1. The van der Waals surface area contributed by atoms with Gasteiger partial charge in [-0.2, -0.15) is 4.98 Å². The van der Waals surface area contributed by atoms with Gasteiger partial charge in [-0.15, -0.1) is 12.4 Å². The molecule has 0 fully saturated rings. The molecule has 0 atom stereocenters. The first-order valence-corrected chi connectivity index (χ1v) is 8.56. The smallest absolute Gasteiger partial charge is 0.274 e. The van der Waals surface area contributed by atoms with E-state index in [0.29, 0.717) is 13.0 Å². The molecule has 0 bridgehead atoms. The second-order valence-electron chi connectivity index (χ2n) is 5.81. The van der Waals surface area contributed by atoms with Crippen molar-refractivity contribution in [2.45, 2.75) is 6.42 Å². The summed E-state index contributed by atoms with van der Waals surface area (Å²) in [6.45, 7) is 0.698. The molecule has 0 aliphatic carbocycles. The van der Waals surface area contributed by atoms with Crippen LogP contribution in [0, 0.1) is 17.5 Å². The summed E-state index contributed by atoms with van der Waals surface area (Å²) in [5.74, 6) is -3.62. The minimum Gasteiger partial charge on any atom is -0.476 e. The van der Waals surface area contributed by atoms with Crippen molar-refractivity contribution in [3.05, 3.63) is 66.0 Å².